The van der Waals surface area contributed by atoms with Gasteiger partial charge in [0.15, 0.2) is 0 Å². The maximum Gasteiger partial charge on any atom is 0.404 e. The molecule has 2 fully saturated rings. The molecule has 1 heterocycles. The van der Waals surface area contributed by atoms with Gasteiger partial charge in [0.2, 0.25) is 5.91 Å². The second-order valence-electron chi connectivity index (χ2n) is 11.1. The molecule has 2 aliphatic rings. The Morgan fingerprint density at radius 1 is 1.15 bits per heavy atom. The lowest BCUT2D eigenvalue weighted by molar-refractivity contribution is -0.140. The van der Waals surface area contributed by atoms with Gasteiger partial charge in [0.05, 0.1) is 5.60 Å². The van der Waals surface area contributed by atoms with Crippen molar-refractivity contribution in [2.75, 3.05) is 26.7 Å². The fourth-order valence-electron chi connectivity index (χ4n) is 6.53. The smallest absolute Gasteiger partial charge is 0.404 e. The molecule has 4 rings (SSSR count). The number of carbonyl (C=O) groups is 2. The second-order valence-corrected chi connectivity index (χ2v) is 11.5. The third-order valence-corrected chi connectivity index (χ3v) is 9.03. The van der Waals surface area contributed by atoms with Crippen molar-refractivity contribution in [1.82, 2.24) is 15.5 Å². The van der Waals surface area contributed by atoms with Gasteiger partial charge in [0, 0.05) is 48.1 Å². The largest absolute Gasteiger partial charge is 0.465 e. The van der Waals surface area contributed by atoms with Crippen LogP contribution in [-0.2, 0) is 16.8 Å². The first-order chi connectivity index (χ1) is 18.8. The van der Waals surface area contributed by atoms with Crippen LogP contribution < -0.4 is 10.6 Å². The third-order valence-electron chi connectivity index (χ3n) is 8.71. The molecule has 2 amide bonds. The lowest BCUT2D eigenvalue weighted by atomic mass is 9.72. The van der Waals surface area contributed by atoms with Crippen molar-refractivity contribution >= 4 is 23.6 Å². The maximum absolute atomic E-state index is 13.5. The number of rotatable bonds is 10. The SMILES string of the molecule is CCc1cccc(-c2c(Cl)cccc2[C@](O)(CCCNC(=O)O)[C@@H]2CCCN(C(=O)[C@@H]3CC[C@H](NC)C3)C2)c1. The Morgan fingerprint density at radius 2 is 1.95 bits per heavy atom. The Morgan fingerprint density at radius 3 is 2.67 bits per heavy atom. The van der Waals surface area contributed by atoms with E-state index in [1.54, 1.807) is 0 Å². The van der Waals surface area contributed by atoms with Gasteiger partial charge in [-0.15, -0.1) is 0 Å². The van der Waals surface area contributed by atoms with Gasteiger partial charge in [-0.2, -0.15) is 0 Å². The van der Waals surface area contributed by atoms with Crippen LogP contribution in [0.1, 0.15) is 63.0 Å². The minimum Gasteiger partial charge on any atom is -0.465 e. The van der Waals surface area contributed by atoms with Crippen LogP contribution in [0.3, 0.4) is 0 Å². The van der Waals surface area contributed by atoms with E-state index in [1.807, 2.05) is 42.3 Å². The number of carboxylic acid groups (broad SMARTS) is 1. The highest BCUT2D eigenvalue weighted by molar-refractivity contribution is 6.33. The summed E-state index contributed by atoms with van der Waals surface area (Å²) < 4.78 is 0. The molecule has 8 heteroatoms. The zero-order valence-electron chi connectivity index (χ0n) is 23.1. The van der Waals surface area contributed by atoms with Gasteiger partial charge in [-0.25, -0.2) is 4.79 Å². The van der Waals surface area contributed by atoms with Gasteiger partial charge in [-0.05, 0) is 81.2 Å². The van der Waals surface area contributed by atoms with E-state index in [-0.39, 0.29) is 24.3 Å². The maximum atomic E-state index is 13.5. The summed E-state index contributed by atoms with van der Waals surface area (Å²) in [7, 11) is 1.95. The minimum atomic E-state index is -1.29. The van der Waals surface area contributed by atoms with Crippen LogP contribution in [0.4, 0.5) is 4.79 Å². The molecule has 1 aliphatic heterocycles. The molecule has 4 N–H and O–H groups in total. The van der Waals surface area contributed by atoms with E-state index in [9.17, 15) is 14.7 Å². The molecular formula is C31H42ClN3O4. The normalized spacial score (nSPS) is 22.9. The molecule has 0 spiro atoms. The van der Waals surface area contributed by atoms with Crippen molar-refractivity contribution in [2.45, 2.75) is 69.9 Å². The number of aliphatic hydroxyl groups is 1. The molecule has 0 aromatic heterocycles. The van der Waals surface area contributed by atoms with Gasteiger partial charge in [0.1, 0.15) is 0 Å². The molecule has 0 bridgehead atoms. The third kappa shape index (κ3) is 6.76. The first-order valence-electron chi connectivity index (χ1n) is 14.3. The van der Waals surface area contributed by atoms with Crippen LogP contribution >= 0.6 is 11.6 Å². The second kappa shape index (κ2) is 13.2. The number of amides is 2. The number of halogens is 1. The predicted octanol–water partition coefficient (Wildman–Crippen LogP) is 5.43. The van der Waals surface area contributed by atoms with Crippen LogP contribution in [-0.4, -0.2) is 59.8 Å². The van der Waals surface area contributed by atoms with Gasteiger partial charge in [0.25, 0.3) is 0 Å². The van der Waals surface area contributed by atoms with E-state index in [0.717, 1.165) is 55.2 Å². The van der Waals surface area contributed by atoms with Crippen molar-refractivity contribution in [3.63, 3.8) is 0 Å². The molecule has 2 aromatic rings. The Bertz CT molecular complexity index is 1160. The van der Waals surface area contributed by atoms with E-state index in [1.165, 1.54) is 5.56 Å². The Kier molecular flexibility index (Phi) is 9.91. The highest BCUT2D eigenvalue weighted by Crippen LogP contribution is 2.46. The number of hydrogen-bond acceptors (Lipinski definition) is 4. The average molecular weight is 556 g/mol. The number of carbonyl (C=O) groups excluding carboxylic acids is 1. The molecule has 0 unspecified atom stereocenters. The summed E-state index contributed by atoms with van der Waals surface area (Å²) in [4.78, 5) is 26.6. The highest BCUT2D eigenvalue weighted by Gasteiger charge is 2.44. The highest BCUT2D eigenvalue weighted by atomic mass is 35.5. The molecular weight excluding hydrogens is 514 g/mol. The van der Waals surface area contributed by atoms with E-state index in [4.69, 9.17) is 16.7 Å². The van der Waals surface area contributed by atoms with Crippen molar-refractivity contribution in [3.8, 4) is 11.1 Å². The molecule has 4 atom stereocenters. The molecule has 1 saturated carbocycles. The molecule has 2 aromatic carbocycles. The van der Waals surface area contributed by atoms with Crippen molar-refractivity contribution in [1.29, 1.82) is 0 Å². The Balaban J connectivity index is 1.68. The fraction of sp³-hybridized carbons (Fsp3) is 0.548. The van der Waals surface area contributed by atoms with E-state index in [0.29, 0.717) is 37.0 Å². The van der Waals surface area contributed by atoms with Crippen molar-refractivity contribution in [3.05, 3.63) is 58.6 Å². The molecule has 0 radical (unpaired) electrons. The lowest BCUT2D eigenvalue weighted by Crippen LogP contribution is -2.49. The van der Waals surface area contributed by atoms with Crippen LogP contribution in [0, 0.1) is 11.8 Å². The molecule has 39 heavy (non-hydrogen) atoms. The van der Waals surface area contributed by atoms with E-state index >= 15 is 0 Å². The molecule has 212 valence electrons. The Labute approximate surface area is 236 Å². The van der Waals surface area contributed by atoms with Crippen LogP contribution in [0.15, 0.2) is 42.5 Å². The van der Waals surface area contributed by atoms with Crippen molar-refractivity contribution < 1.29 is 19.8 Å². The van der Waals surface area contributed by atoms with Gasteiger partial charge in [-0.3, -0.25) is 4.79 Å². The zero-order chi connectivity index (χ0) is 28.0. The van der Waals surface area contributed by atoms with Gasteiger partial charge < -0.3 is 25.7 Å². The number of hydrogen-bond donors (Lipinski definition) is 4. The number of aryl methyl sites for hydroxylation is 1. The summed E-state index contributed by atoms with van der Waals surface area (Å²) in [5.41, 5.74) is 2.39. The van der Waals surface area contributed by atoms with Crippen LogP contribution in [0.2, 0.25) is 5.02 Å². The van der Waals surface area contributed by atoms with Gasteiger partial charge >= 0.3 is 6.09 Å². The number of piperidine rings is 1. The average Bonchev–Trinajstić information content (AvgIpc) is 3.44. The first kappa shape index (κ1) is 29.4. The molecule has 7 nitrogen and oxygen atoms in total. The fourth-order valence-corrected chi connectivity index (χ4v) is 6.81. The summed E-state index contributed by atoms with van der Waals surface area (Å²) in [6.45, 7) is 3.52. The first-order valence-corrected chi connectivity index (χ1v) is 14.7. The van der Waals surface area contributed by atoms with Gasteiger partial charge in [-0.1, -0.05) is 54.9 Å². The number of nitrogens with zero attached hydrogens (tertiary/aromatic N) is 1. The molecule has 1 saturated heterocycles. The predicted molar refractivity (Wildman–Crippen MR) is 155 cm³/mol. The van der Waals surface area contributed by atoms with E-state index < -0.39 is 11.7 Å². The molecule has 1 aliphatic carbocycles. The lowest BCUT2D eigenvalue weighted by Gasteiger charge is -2.44. The number of likely N-dealkylation sites (tertiary alicyclic amines) is 1. The standard InChI is InChI=1S/C31H42ClN3O4/c1-3-21-8-4-9-22(18-21)28-26(11-5-12-27(28)32)31(39,15-7-16-34-30(37)38)24-10-6-17-35(20-24)29(36)23-13-14-25(19-23)33-2/h4-5,8-9,11-12,18,23-25,33-34,39H,3,6-7,10,13-17,19-20H2,1-2H3,(H,37,38)/t23-,24-,25+,31+/m1/s1. The van der Waals surface area contributed by atoms with E-state index in [2.05, 4.69) is 29.7 Å². The summed E-state index contributed by atoms with van der Waals surface area (Å²) >= 11 is 6.83. The zero-order valence-corrected chi connectivity index (χ0v) is 23.8. The van der Waals surface area contributed by atoms with Crippen LogP contribution in [0.25, 0.3) is 11.1 Å². The Hall–Kier alpha value is -2.61. The summed E-state index contributed by atoms with van der Waals surface area (Å²) in [5.74, 6) is 0.00925. The summed E-state index contributed by atoms with van der Waals surface area (Å²) in [5, 5.41) is 28.0. The number of nitrogens with one attached hydrogen (secondary N) is 2. The monoisotopic (exact) mass is 555 g/mol. The quantitative estimate of drug-likeness (QED) is 0.293. The van der Waals surface area contributed by atoms with Crippen molar-refractivity contribution in [2.24, 2.45) is 11.8 Å². The number of benzene rings is 2. The minimum absolute atomic E-state index is 0.0209. The summed E-state index contributed by atoms with van der Waals surface area (Å²) in [6.07, 6.45) is 4.96. The van der Waals surface area contributed by atoms with Crippen LogP contribution in [0.5, 0.6) is 0 Å². The summed E-state index contributed by atoms with van der Waals surface area (Å²) in [6, 6.07) is 14.3. The topological polar surface area (TPSA) is 102 Å².